The third kappa shape index (κ3) is 6.54. The van der Waals surface area contributed by atoms with Crippen molar-refractivity contribution in [3.63, 3.8) is 0 Å². The molecule has 0 radical (unpaired) electrons. The molecule has 1 aromatic rings. The summed E-state index contributed by atoms with van der Waals surface area (Å²) in [6.45, 7) is 7.93. The van der Waals surface area contributed by atoms with E-state index in [1.807, 2.05) is 18.3 Å². The third-order valence-corrected chi connectivity index (χ3v) is 4.31. The first-order valence-corrected chi connectivity index (χ1v) is 9.51. The molecular weight excluding hydrogens is 330 g/mol. The lowest BCUT2D eigenvalue weighted by atomic mass is 9.95. The van der Waals surface area contributed by atoms with E-state index in [0.717, 1.165) is 50.4 Å². The highest BCUT2D eigenvalue weighted by Crippen LogP contribution is 2.19. The van der Waals surface area contributed by atoms with E-state index in [2.05, 4.69) is 29.0 Å². The molecule has 1 fully saturated rings. The van der Waals surface area contributed by atoms with Crippen LogP contribution in [0.1, 0.15) is 45.1 Å². The maximum atomic E-state index is 11.2. The first-order valence-electron chi connectivity index (χ1n) is 9.51. The van der Waals surface area contributed by atoms with Crippen LogP contribution in [0.25, 0.3) is 0 Å². The normalized spacial score (nSPS) is 17.8. The maximum Gasteiger partial charge on any atom is 0.217 e. The number of carbonyl (C=O) groups is 1. The van der Waals surface area contributed by atoms with Gasteiger partial charge in [0.25, 0.3) is 0 Å². The Balaban J connectivity index is 1.98. The van der Waals surface area contributed by atoms with Gasteiger partial charge in [-0.3, -0.25) is 4.79 Å². The minimum atomic E-state index is -0.227. The van der Waals surface area contributed by atoms with Gasteiger partial charge in [-0.05, 0) is 37.7 Å². The Kier molecular flexibility index (Phi) is 8.18. The highest BCUT2D eigenvalue weighted by molar-refractivity contribution is 5.80. The van der Waals surface area contributed by atoms with Crippen molar-refractivity contribution < 1.29 is 9.53 Å². The van der Waals surface area contributed by atoms with Crippen LogP contribution in [0.3, 0.4) is 0 Å². The number of aliphatic imine (C=N–C) groups is 1. The van der Waals surface area contributed by atoms with Crippen molar-refractivity contribution in [2.45, 2.75) is 46.1 Å². The Hall–Kier alpha value is -2.31. The fourth-order valence-electron chi connectivity index (χ4n) is 3.10. The van der Waals surface area contributed by atoms with E-state index in [4.69, 9.17) is 15.5 Å². The van der Waals surface area contributed by atoms with Gasteiger partial charge in [-0.2, -0.15) is 0 Å². The van der Waals surface area contributed by atoms with Crippen LogP contribution in [-0.2, 0) is 11.3 Å². The molecule has 7 nitrogen and oxygen atoms in total. The Morgan fingerprint density at radius 2 is 2.31 bits per heavy atom. The third-order valence-electron chi connectivity index (χ3n) is 4.31. The van der Waals surface area contributed by atoms with E-state index >= 15 is 0 Å². The lowest BCUT2D eigenvalue weighted by Gasteiger charge is -2.34. The number of primary amides is 1. The summed E-state index contributed by atoms with van der Waals surface area (Å²) < 4.78 is 5.51. The van der Waals surface area contributed by atoms with Crippen LogP contribution in [0.15, 0.2) is 23.3 Å². The number of amides is 1. The monoisotopic (exact) mass is 361 g/mol. The molecule has 1 aliphatic heterocycles. The molecule has 0 aliphatic carbocycles. The van der Waals surface area contributed by atoms with Crippen molar-refractivity contribution in [2.24, 2.45) is 16.6 Å². The van der Waals surface area contributed by atoms with Gasteiger partial charge in [0.1, 0.15) is 0 Å². The van der Waals surface area contributed by atoms with E-state index in [1.165, 1.54) is 0 Å². The van der Waals surface area contributed by atoms with Gasteiger partial charge in [0, 0.05) is 38.3 Å². The lowest BCUT2D eigenvalue weighted by Crippen LogP contribution is -2.47. The second kappa shape index (κ2) is 10.6. The predicted molar refractivity (Wildman–Crippen MR) is 103 cm³/mol. The number of guanidine groups is 1. The number of nitrogens with two attached hydrogens (primary N) is 1. The number of ether oxygens (including phenoxy) is 1. The van der Waals surface area contributed by atoms with Crippen molar-refractivity contribution in [3.05, 3.63) is 23.9 Å². The van der Waals surface area contributed by atoms with Crippen LogP contribution in [0.2, 0.25) is 0 Å². The summed E-state index contributed by atoms with van der Waals surface area (Å²) in [5.41, 5.74) is 6.40. The smallest absolute Gasteiger partial charge is 0.217 e. The van der Waals surface area contributed by atoms with Gasteiger partial charge >= 0.3 is 0 Å². The second-order valence-corrected chi connectivity index (χ2v) is 6.65. The fourth-order valence-corrected chi connectivity index (χ4v) is 3.10. The number of aromatic nitrogens is 1. The van der Waals surface area contributed by atoms with E-state index in [-0.39, 0.29) is 5.91 Å². The van der Waals surface area contributed by atoms with Crippen molar-refractivity contribution >= 4 is 11.9 Å². The molecule has 1 unspecified atom stereocenters. The summed E-state index contributed by atoms with van der Waals surface area (Å²) in [6, 6.07) is 3.88. The number of nitrogens with one attached hydrogen (secondary N) is 1. The minimum absolute atomic E-state index is 0.227. The predicted octanol–water partition coefficient (Wildman–Crippen LogP) is 1.92. The van der Waals surface area contributed by atoms with Gasteiger partial charge in [0.05, 0.1) is 13.2 Å². The first-order chi connectivity index (χ1) is 12.6. The zero-order valence-electron chi connectivity index (χ0n) is 15.9. The average molecular weight is 361 g/mol. The molecule has 0 bridgehead atoms. The van der Waals surface area contributed by atoms with Gasteiger partial charge in [-0.25, -0.2) is 9.98 Å². The van der Waals surface area contributed by atoms with Crippen LogP contribution in [0.5, 0.6) is 5.88 Å². The summed E-state index contributed by atoms with van der Waals surface area (Å²) in [6.07, 6.45) is 5.31. The van der Waals surface area contributed by atoms with Gasteiger partial charge in [0.15, 0.2) is 5.96 Å². The highest BCUT2D eigenvalue weighted by Gasteiger charge is 2.23. The molecule has 1 atom stereocenters. The second-order valence-electron chi connectivity index (χ2n) is 6.65. The molecule has 2 rings (SSSR count). The molecule has 0 saturated carbocycles. The van der Waals surface area contributed by atoms with E-state index in [1.54, 1.807) is 0 Å². The Bertz CT molecular complexity index is 588. The summed E-state index contributed by atoms with van der Waals surface area (Å²) in [7, 11) is 0. The molecule has 1 saturated heterocycles. The number of nitrogens with zero attached hydrogens (tertiary/aromatic N) is 3. The molecule has 7 heteroatoms. The summed E-state index contributed by atoms with van der Waals surface area (Å²) >= 11 is 0. The van der Waals surface area contributed by atoms with Crippen LogP contribution in [-0.4, -0.2) is 48.0 Å². The van der Waals surface area contributed by atoms with E-state index in [0.29, 0.717) is 31.4 Å². The van der Waals surface area contributed by atoms with Crippen molar-refractivity contribution in [2.75, 3.05) is 26.2 Å². The number of likely N-dealkylation sites (tertiary alicyclic amines) is 1. The van der Waals surface area contributed by atoms with Crippen molar-refractivity contribution in [1.29, 1.82) is 0 Å². The molecule has 1 aliphatic rings. The van der Waals surface area contributed by atoms with Crippen LogP contribution < -0.4 is 15.8 Å². The summed E-state index contributed by atoms with van der Waals surface area (Å²) in [4.78, 5) is 22.5. The SMILES string of the molecule is CCCOc1ccc(CN=C(NCC)N2CCCC(CC(N)=O)C2)cn1. The van der Waals surface area contributed by atoms with Crippen molar-refractivity contribution in [1.82, 2.24) is 15.2 Å². The number of rotatable bonds is 8. The minimum Gasteiger partial charge on any atom is -0.478 e. The molecule has 0 aromatic carbocycles. The maximum absolute atomic E-state index is 11.2. The van der Waals surface area contributed by atoms with Crippen molar-refractivity contribution in [3.8, 4) is 5.88 Å². The molecular formula is C19H31N5O2. The number of hydrogen-bond donors (Lipinski definition) is 2. The summed E-state index contributed by atoms with van der Waals surface area (Å²) in [5.74, 6) is 1.61. The van der Waals surface area contributed by atoms with Crippen LogP contribution in [0.4, 0.5) is 0 Å². The largest absolute Gasteiger partial charge is 0.478 e. The van der Waals surface area contributed by atoms with Crippen LogP contribution >= 0.6 is 0 Å². The number of pyridine rings is 1. The quantitative estimate of drug-likeness (QED) is 0.545. The number of carbonyl (C=O) groups excluding carboxylic acids is 1. The van der Waals surface area contributed by atoms with Gasteiger partial charge in [0.2, 0.25) is 11.8 Å². The van der Waals surface area contributed by atoms with Gasteiger partial charge in [-0.1, -0.05) is 13.0 Å². The van der Waals surface area contributed by atoms with E-state index in [9.17, 15) is 4.79 Å². The molecule has 1 aromatic heterocycles. The number of piperidine rings is 1. The molecule has 0 spiro atoms. The van der Waals surface area contributed by atoms with Gasteiger partial charge < -0.3 is 20.7 Å². The van der Waals surface area contributed by atoms with Crippen LogP contribution in [0, 0.1) is 5.92 Å². The first kappa shape index (κ1) is 20.0. The molecule has 1 amide bonds. The summed E-state index contributed by atoms with van der Waals surface area (Å²) in [5, 5.41) is 3.35. The Morgan fingerprint density at radius 1 is 1.46 bits per heavy atom. The zero-order valence-corrected chi connectivity index (χ0v) is 15.9. The fraction of sp³-hybridized carbons (Fsp3) is 0.632. The Morgan fingerprint density at radius 3 is 2.96 bits per heavy atom. The van der Waals surface area contributed by atoms with Gasteiger partial charge in [-0.15, -0.1) is 0 Å². The lowest BCUT2D eigenvalue weighted by molar-refractivity contribution is -0.119. The topological polar surface area (TPSA) is 92.8 Å². The molecule has 26 heavy (non-hydrogen) atoms. The zero-order chi connectivity index (χ0) is 18.8. The Labute approximate surface area is 156 Å². The molecule has 3 N–H and O–H groups in total. The number of hydrogen-bond acceptors (Lipinski definition) is 4. The molecule has 2 heterocycles. The molecule has 144 valence electrons. The highest BCUT2D eigenvalue weighted by atomic mass is 16.5. The van der Waals surface area contributed by atoms with E-state index < -0.39 is 0 Å². The average Bonchev–Trinajstić information content (AvgIpc) is 2.64. The standard InChI is InChI=1S/C19H31N5O2/c1-3-10-26-18-8-7-16(12-22-18)13-23-19(21-4-2)24-9-5-6-15(14-24)11-17(20)25/h7-8,12,15H,3-6,9-11,13-14H2,1-2H3,(H2,20,25)(H,21,23).